The molecule has 0 unspecified atom stereocenters. The zero-order chi connectivity index (χ0) is 20.1. The van der Waals surface area contributed by atoms with Crippen molar-refractivity contribution in [3.8, 4) is 6.07 Å². The smallest absolute Gasteiger partial charge is 0.230 e. The summed E-state index contributed by atoms with van der Waals surface area (Å²) in [5.74, 6) is -0.204. The molecule has 0 bridgehead atoms. The van der Waals surface area contributed by atoms with Crippen molar-refractivity contribution in [3.05, 3.63) is 76.7 Å². The first-order valence-electron chi connectivity index (χ1n) is 8.42. The molecule has 1 amide bonds. The number of aryl methyl sites for hydroxylation is 1. The molecular formula is C21H22N2O3S. The Kier molecular flexibility index (Phi) is 6.19. The summed E-state index contributed by atoms with van der Waals surface area (Å²) in [6.45, 7) is 5.88. The van der Waals surface area contributed by atoms with Crippen LogP contribution in [0.15, 0.2) is 64.9 Å². The Hall–Kier alpha value is -2.91. The summed E-state index contributed by atoms with van der Waals surface area (Å²) in [6, 6.07) is 15.8. The summed E-state index contributed by atoms with van der Waals surface area (Å²) < 4.78 is 24.5. The van der Waals surface area contributed by atoms with Gasteiger partial charge in [0.05, 0.1) is 16.4 Å². The van der Waals surface area contributed by atoms with Gasteiger partial charge in [-0.1, -0.05) is 42.0 Å². The summed E-state index contributed by atoms with van der Waals surface area (Å²) in [5, 5.41) is 12.3. The average molecular weight is 382 g/mol. The number of hydrogen-bond donors (Lipinski definition) is 1. The molecule has 0 radical (unpaired) electrons. The molecule has 5 nitrogen and oxygen atoms in total. The van der Waals surface area contributed by atoms with Gasteiger partial charge in [0.1, 0.15) is 0 Å². The van der Waals surface area contributed by atoms with Crippen molar-refractivity contribution in [2.24, 2.45) is 0 Å². The minimum atomic E-state index is -3.73. The minimum Gasteiger partial charge on any atom is -0.351 e. The number of sulfone groups is 1. The minimum absolute atomic E-state index is 0.0471. The molecule has 0 fully saturated rings. The summed E-state index contributed by atoms with van der Waals surface area (Å²) in [6.07, 6.45) is 0.918. The van der Waals surface area contributed by atoms with Gasteiger partial charge in [0, 0.05) is 18.0 Å². The van der Waals surface area contributed by atoms with Crippen LogP contribution in [-0.4, -0.2) is 14.3 Å². The van der Waals surface area contributed by atoms with Gasteiger partial charge >= 0.3 is 0 Å². The maximum Gasteiger partial charge on any atom is 0.230 e. The van der Waals surface area contributed by atoms with Crippen LogP contribution >= 0.6 is 0 Å². The Morgan fingerprint density at radius 2 is 1.85 bits per heavy atom. The highest BCUT2D eigenvalue weighted by Crippen LogP contribution is 2.26. The molecule has 2 aromatic carbocycles. The van der Waals surface area contributed by atoms with E-state index in [4.69, 9.17) is 5.26 Å². The highest BCUT2D eigenvalue weighted by molar-refractivity contribution is 7.94. The molecule has 0 aromatic heterocycles. The van der Waals surface area contributed by atoms with Crippen LogP contribution in [0.3, 0.4) is 0 Å². The third-order valence-electron chi connectivity index (χ3n) is 4.35. The molecule has 2 aromatic rings. The maximum absolute atomic E-state index is 12.7. The van der Waals surface area contributed by atoms with Crippen LogP contribution in [0.1, 0.15) is 30.5 Å². The molecule has 0 saturated heterocycles. The fourth-order valence-corrected chi connectivity index (χ4v) is 3.46. The van der Waals surface area contributed by atoms with Gasteiger partial charge in [-0.25, -0.2) is 8.42 Å². The van der Waals surface area contributed by atoms with Crippen LogP contribution in [0.25, 0.3) is 0 Å². The number of rotatable bonds is 6. The third kappa shape index (κ3) is 5.05. The number of allylic oxidation sites excluding steroid dienone is 1. The van der Waals surface area contributed by atoms with Crippen LogP contribution in [0.5, 0.6) is 0 Å². The molecule has 0 aliphatic carbocycles. The van der Waals surface area contributed by atoms with E-state index in [0.29, 0.717) is 12.1 Å². The number of nitriles is 1. The zero-order valence-electron chi connectivity index (χ0n) is 15.6. The van der Waals surface area contributed by atoms with Gasteiger partial charge in [-0.05, 0) is 44.0 Å². The second kappa shape index (κ2) is 8.19. The van der Waals surface area contributed by atoms with E-state index in [1.807, 2.05) is 31.2 Å². The van der Waals surface area contributed by atoms with Crippen molar-refractivity contribution in [2.45, 2.75) is 37.6 Å². The van der Waals surface area contributed by atoms with Gasteiger partial charge < -0.3 is 5.32 Å². The zero-order valence-corrected chi connectivity index (χ0v) is 16.4. The van der Waals surface area contributed by atoms with Crippen LogP contribution < -0.4 is 5.32 Å². The molecule has 6 heteroatoms. The lowest BCUT2D eigenvalue weighted by molar-refractivity contribution is -0.125. The van der Waals surface area contributed by atoms with Crippen molar-refractivity contribution < 1.29 is 13.2 Å². The van der Waals surface area contributed by atoms with E-state index in [1.54, 1.807) is 32.0 Å². The summed E-state index contributed by atoms with van der Waals surface area (Å²) in [7, 11) is -3.73. The quantitative estimate of drug-likeness (QED) is 0.776. The first kappa shape index (κ1) is 20.4. The molecule has 0 atom stereocenters. The lowest BCUT2D eigenvalue weighted by atomic mass is 9.83. The van der Waals surface area contributed by atoms with Crippen LogP contribution in [0, 0.1) is 18.3 Å². The average Bonchev–Trinajstić information content (AvgIpc) is 2.65. The van der Waals surface area contributed by atoms with Gasteiger partial charge in [-0.3, -0.25) is 4.79 Å². The number of hydrogen-bond acceptors (Lipinski definition) is 4. The number of carbonyl (C=O) groups is 1. The number of benzene rings is 2. The molecule has 0 aliphatic heterocycles. The van der Waals surface area contributed by atoms with Gasteiger partial charge in [0.15, 0.2) is 0 Å². The molecule has 1 N–H and O–H groups in total. The van der Waals surface area contributed by atoms with Crippen molar-refractivity contribution in [2.75, 3.05) is 0 Å². The monoisotopic (exact) mass is 382 g/mol. The maximum atomic E-state index is 12.7. The Labute approximate surface area is 160 Å². The first-order chi connectivity index (χ1) is 12.7. The van der Waals surface area contributed by atoms with Gasteiger partial charge in [0.25, 0.3) is 0 Å². The van der Waals surface area contributed by atoms with E-state index in [-0.39, 0.29) is 10.8 Å². The Balaban J connectivity index is 2.21. The predicted molar refractivity (Wildman–Crippen MR) is 104 cm³/mol. The lowest BCUT2D eigenvalue weighted by Crippen LogP contribution is -2.39. The Morgan fingerprint density at radius 3 is 2.48 bits per heavy atom. The van der Waals surface area contributed by atoms with Gasteiger partial charge in [-0.2, -0.15) is 5.26 Å². The molecule has 2 rings (SSSR count). The number of nitrogens with zero attached hydrogens (tertiary/aromatic N) is 1. The van der Waals surface area contributed by atoms with E-state index in [2.05, 4.69) is 5.32 Å². The second-order valence-corrected chi connectivity index (χ2v) is 8.63. The number of amides is 1. The van der Waals surface area contributed by atoms with E-state index in [0.717, 1.165) is 22.6 Å². The summed E-state index contributed by atoms with van der Waals surface area (Å²) >= 11 is 0. The van der Waals surface area contributed by atoms with E-state index in [9.17, 15) is 13.2 Å². The largest absolute Gasteiger partial charge is 0.351 e. The van der Waals surface area contributed by atoms with E-state index in [1.165, 1.54) is 12.1 Å². The number of nitrogens with one attached hydrogen (secondary N) is 1. The van der Waals surface area contributed by atoms with Crippen molar-refractivity contribution in [1.29, 1.82) is 5.26 Å². The SMILES string of the molecule is Cc1ccc(CNC(=O)C(C)(C)c2cccc(S(=O)(=O)C=CC#N)c2)cc1. The van der Waals surface area contributed by atoms with E-state index >= 15 is 0 Å². The van der Waals surface area contributed by atoms with Crippen molar-refractivity contribution in [1.82, 2.24) is 5.32 Å². The van der Waals surface area contributed by atoms with Crippen LogP contribution in [-0.2, 0) is 26.6 Å². The molecular weight excluding hydrogens is 360 g/mol. The van der Waals surface area contributed by atoms with Crippen LogP contribution in [0.2, 0.25) is 0 Å². The molecule has 0 spiro atoms. The third-order valence-corrected chi connectivity index (χ3v) is 5.75. The lowest BCUT2D eigenvalue weighted by Gasteiger charge is -2.24. The normalized spacial score (nSPS) is 11.9. The van der Waals surface area contributed by atoms with E-state index < -0.39 is 15.3 Å². The summed E-state index contributed by atoms with van der Waals surface area (Å²) in [4.78, 5) is 12.8. The van der Waals surface area contributed by atoms with Crippen molar-refractivity contribution >= 4 is 15.7 Å². The molecule has 0 saturated carbocycles. The van der Waals surface area contributed by atoms with Crippen LogP contribution in [0.4, 0.5) is 0 Å². The van der Waals surface area contributed by atoms with Gasteiger partial charge in [-0.15, -0.1) is 0 Å². The fraction of sp³-hybridized carbons (Fsp3) is 0.238. The summed E-state index contributed by atoms with van der Waals surface area (Å²) in [5.41, 5.74) is 1.79. The Morgan fingerprint density at radius 1 is 1.19 bits per heavy atom. The number of carbonyl (C=O) groups excluding carboxylic acids is 1. The Bertz CT molecular complexity index is 998. The standard InChI is InChI=1S/C21H22N2O3S/c1-16-8-10-17(11-9-16)15-23-20(24)21(2,3)18-6-4-7-19(14-18)27(25,26)13-5-12-22/h4-11,13-14H,15H2,1-3H3,(H,23,24). The van der Waals surface area contributed by atoms with Crippen molar-refractivity contribution in [3.63, 3.8) is 0 Å². The highest BCUT2D eigenvalue weighted by Gasteiger charge is 2.30. The molecule has 0 heterocycles. The fourth-order valence-electron chi connectivity index (χ4n) is 2.50. The second-order valence-electron chi connectivity index (χ2n) is 6.80. The first-order valence-corrected chi connectivity index (χ1v) is 9.97. The van der Waals surface area contributed by atoms with Gasteiger partial charge in [0.2, 0.25) is 15.7 Å². The highest BCUT2D eigenvalue weighted by atomic mass is 32.2. The molecule has 140 valence electrons. The molecule has 0 aliphatic rings. The molecule has 27 heavy (non-hydrogen) atoms. The predicted octanol–water partition coefficient (Wildman–Crippen LogP) is 3.40. The topological polar surface area (TPSA) is 87.0 Å².